The number of aliphatic carboxylic acids is 1. The average molecular weight is 320 g/mol. The Balaban J connectivity index is 2.19. The quantitative estimate of drug-likeness (QED) is 0.901. The van der Waals surface area contributed by atoms with Crippen molar-refractivity contribution in [1.29, 1.82) is 0 Å². The Bertz CT molecular complexity index is 604. The first-order valence-electron chi connectivity index (χ1n) is 5.98. The van der Waals surface area contributed by atoms with E-state index in [9.17, 15) is 13.2 Å². The number of nitrogens with zero attached hydrogens (tertiary/aromatic N) is 1. The van der Waals surface area contributed by atoms with Crippen LogP contribution in [0.25, 0.3) is 0 Å². The molecule has 1 aromatic rings. The Labute approximate surface area is 122 Å². The van der Waals surface area contributed by atoms with Gasteiger partial charge in [0.15, 0.2) is 0 Å². The zero-order valence-electron chi connectivity index (χ0n) is 10.5. The fourth-order valence-electron chi connectivity index (χ4n) is 2.01. The summed E-state index contributed by atoms with van der Waals surface area (Å²) in [6, 6.07) is 5.99. The number of benzene rings is 1. The van der Waals surface area contributed by atoms with E-state index in [4.69, 9.17) is 21.4 Å². The lowest BCUT2D eigenvalue weighted by Crippen LogP contribution is -2.46. The monoisotopic (exact) mass is 319 g/mol. The van der Waals surface area contributed by atoms with Gasteiger partial charge in [0.25, 0.3) is 0 Å². The van der Waals surface area contributed by atoms with E-state index >= 15 is 0 Å². The van der Waals surface area contributed by atoms with Gasteiger partial charge in [-0.25, -0.2) is 8.42 Å². The van der Waals surface area contributed by atoms with Crippen LogP contribution in [0.1, 0.15) is 6.42 Å². The minimum atomic E-state index is -3.68. The smallest absolute Gasteiger partial charge is 0.306 e. The molecule has 20 heavy (non-hydrogen) atoms. The second-order valence-electron chi connectivity index (χ2n) is 4.41. The molecule has 0 aromatic heterocycles. The van der Waals surface area contributed by atoms with Crippen LogP contribution in [0.5, 0.6) is 0 Å². The van der Waals surface area contributed by atoms with Crippen LogP contribution in [0.3, 0.4) is 0 Å². The number of ether oxygens (including phenoxy) is 1. The van der Waals surface area contributed by atoms with Crippen LogP contribution in [0.2, 0.25) is 5.02 Å². The number of carbonyl (C=O) groups is 1. The van der Waals surface area contributed by atoms with Crippen LogP contribution in [0, 0.1) is 0 Å². The molecule has 0 amide bonds. The number of rotatable bonds is 4. The first kappa shape index (κ1) is 15.2. The summed E-state index contributed by atoms with van der Waals surface area (Å²) in [7, 11) is -3.68. The van der Waals surface area contributed by atoms with Crippen LogP contribution in [-0.4, -0.2) is 49.6 Å². The molecule has 0 radical (unpaired) electrons. The predicted molar refractivity (Wildman–Crippen MR) is 72.2 cm³/mol. The number of carboxylic acids is 1. The maximum atomic E-state index is 12.4. The highest BCUT2D eigenvalue weighted by Crippen LogP contribution is 2.22. The molecule has 1 aliphatic rings. The minimum Gasteiger partial charge on any atom is -0.481 e. The second-order valence-corrected chi connectivity index (χ2v) is 6.79. The molecule has 1 saturated heterocycles. The van der Waals surface area contributed by atoms with Crippen molar-refractivity contribution < 1.29 is 23.1 Å². The average Bonchev–Trinajstić information content (AvgIpc) is 2.38. The number of morpholine rings is 1. The maximum absolute atomic E-state index is 12.4. The molecule has 0 spiro atoms. The molecule has 110 valence electrons. The molecular formula is C12H14ClNO5S. The fraction of sp³-hybridized carbons (Fsp3) is 0.417. The largest absolute Gasteiger partial charge is 0.481 e. The Hall–Kier alpha value is -1.15. The number of sulfonamides is 1. The second kappa shape index (κ2) is 6.09. The van der Waals surface area contributed by atoms with Crippen molar-refractivity contribution in [3.05, 3.63) is 29.3 Å². The van der Waals surface area contributed by atoms with Gasteiger partial charge >= 0.3 is 5.97 Å². The van der Waals surface area contributed by atoms with Crippen molar-refractivity contribution in [2.24, 2.45) is 0 Å². The van der Waals surface area contributed by atoms with Gasteiger partial charge in [0.2, 0.25) is 10.0 Å². The van der Waals surface area contributed by atoms with Gasteiger partial charge in [0, 0.05) is 18.1 Å². The summed E-state index contributed by atoms with van der Waals surface area (Å²) in [5.41, 5.74) is 0. The van der Waals surface area contributed by atoms with Crippen LogP contribution < -0.4 is 0 Å². The number of hydrogen-bond donors (Lipinski definition) is 1. The van der Waals surface area contributed by atoms with Crippen LogP contribution in [-0.2, 0) is 19.6 Å². The normalized spacial score (nSPS) is 20.8. The number of halogens is 1. The maximum Gasteiger partial charge on any atom is 0.306 e. The van der Waals surface area contributed by atoms with Gasteiger partial charge in [0.1, 0.15) is 0 Å². The molecular weight excluding hydrogens is 306 g/mol. The molecule has 0 aliphatic carbocycles. The van der Waals surface area contributed by atoms with Crippen molar-refractivity contribution in [2.75, 3.05) is 19.7 Å². The van der Waals surface area contributed by atoms with E-state index in [1.807, 2.05) is 0 Å². The van der Waals surface area contributed by atoms with Crippen molar-refractivity contribution in [1.82, 2.24) is 4.31 Å². The molecule has 1 unspecified atom stereocenters. The molecule has 2 rings (SSSR count). The summed E-state index contributed by atoms with van der Waals surface area (Å²) in [6.07, 6.45) is -0.850. The lowest BCUT2D eigenvalue weighted by molar-refractivity contribution is -0.141. The molecule has 0 saturated carbocycles. The molecule has 1 heterocycles. The third-order valence-electron chi connectivity index (χ3n) is 2.94. The molecule has 1 fully saturated rings. The Morgan fingerprint density at radius 2 is 2.25 bits per heavy atom. The molecule has 8 heteroatoms. The van der Waals surface area contributed by atoms with Gasteiger partial charge in [-0.05, 0) is 18.2 Å². The topological polar surface area (TPSA) is 83.9 Å². The predicted octanol–water partition coefficient (Wildman–Crippen LogP) is 1.20. The van der Waals surface area contributed by atoms with Crippen molar-refractivity contribution in [3.63, 3.8) is 0 Å². The molecule has 0 bridgehead atoms. The Morgan fingerprint density at radius 1 is 1.50 bits per heavy atom. The lowest BCUT2D eigenvalue weighted by Gasteiger charge is -2.31. The van der Waals surface area contributed by atoms with Crippen molar-refractivity contribution in [3.8, 4) is 0 Å². The van der Waals surface area contributed by atoms with Crippen LogP contribution >= 0.6 is 11.6 Å². The number of carboxylic acid groups (broad SMARTS) is 1. The van der Waals surface area contributed by atoms with E-state index in [-0.39, 0.29) is 31.0 Å². The summed E-state index contributed by atoms with van der Waals surface area (Å²) in [6.45, 7) is 0.407. The highest BCUT2D eigenvalue weighted by atomic mass is 35.5. The third-order valence-corrected chi connectivity index (χ3v) is 5.03. The number of hydrogen-bond acceptors (Lipinski definition) is 4. The van der Waals surface area contributed by atoms with Crippen molar-refractivity contribution in [2.45, 2.75) is 17.4 Å². The van der Waals surface area contributed by atoms with Gasteiger partial charge in [-0.15, -0.1) is 0 Å². The minimum absolute atomic E-state index is 0.0289. The van der Waals surface area contributed by atoms with E-state index < -0.39 is 22.1 Å². The molecule has 6 nitrogen and oxygen atoms in total. The highest BCUT2D eigenvalue weighted by Gasteiger charge is 2.31. The van der Waals surface area contributed by atoms with Gasteiger partial charge in [-0.1, -0.05) is 17.7 Å². The van der Waals surface area contributed by atoms with E-state index in [1.165, 1.54) is 16.4 Å². The van der Waals surface area contributed by atoms with E-state index in [0.717, 1.165) is 0 Å². The standard InChI is InChI=1S/C12H14ClNO5S/c13-9-2-1-3-11(6-9)20(17,18)14-4-5-19-10(8-14)7-12(15)16/h1-3,6,10H,4-5,7-8H2,(H,15,16). The van der Waals surface area contributed by atoms with Crippen LogP contribution in [0.4, 0.5) is 0 Å². The third kappa shape index (κ3) is 3.49. The van der Waals surface area contributed by atoms with Crippen molar-refractivity contribution >= 4 is 27.6 Å². The first-order chi connectivity index (χ1) is 9.39. The lowest BCUT2D eigenvalue weighted by atomic mass is 10.2. The molecule has 1 N–H and O–H groups in total. The molecule has 1 atom stereocenters. The van der Waals surface area contributed by atoms with Crippen LogP contribution in [0.15, 0.2) is 29.2 Å². The Kier molecular flexibility index (Phi) is 4.64. The van der Waals surface area contributed by atoms with E-state index in [1.54, 1.807) is 12.1 Å². The summed E-state index contributed by atoms with van der Waals surface area (Å²) in [4.78, 5) is 10.8. The first-order valence-corrected chi connectivity index (χ1v) is 7.80. The summed E-state index contributed by atoms with van der Waals surface area (Å²) < 4.78 is 31.4. The van der Waals surface area contributed by atoms with E-state index in [2.05, 4.69) is 0 Å². The summed E-state index contributed by atoms with van der Waals surface area (Å²) in [5, 5.41) is 9.08. The summed E-state index contributed by atoms with van der Waals surface area (Å²) in [5.74, 6) is -1.02. The highest BCUT2D eigenvalue weighted by molar-refractivity contribution is 7.89. The fourth-order valence-corrected chi connectivity index (χ4v) is 3.76. The summed E-state index contributed by atoms with van der Waals surface area (Å²) >= 11 is 5.80. The molecule has 1 aromatic carbocycles. The van der Waals surface area contributed by atoms with Gasteiger partial charge < -0.3 is 9.84 Å². The zero-order valence-corrected chi connectivity index (χ0v) is 12.1. The van der Waals surface area contributed by atoms with Gasteiger partial charge in [-0.2, -0.15) is 4.31 Å². The van der Waals surface area contributed by atoms with E-state index in [0.29, 0.717) is 5.02 Å². The Morgan fingerprint density at radius 3 is 2.90 bits per heavy atom. The SMILES string of the molecule is O=C(O)CC1CN(S(=O)(=O)c2cccc(Cl)c2)CCO1. The van der Waals surface area contributed by atoms with Gasteiger partial charge in [0.05, 0.1) is 24.0 Å². The van der Waals surface area contributed by atoms with Gasteiger partial charge in [-0.3, -0.25) is 4.79 Å². The molecule has 1 aliphatic heterocycles. The zero-order chi connectivity index (χ0) is 14.8.